The summed E-state index contributed by atoms with van der Waals surface area (Å²) in [6.45, 7) is 10.4. The number of carbonyl (C=O) groups is 1. The average molecular weight is 238 g/mol. The van der Waals surface area contributed by atoms with E-state index in [1.54, 1.807) is 11.1 Å². The normalized spacial score (nSPS) is 21.2. The first kappa shape index (κ1) is 14.3. The fraction of sp³-hybridized carbons (Fsp3) is 0.800. The number of allylic oxidation sites excluding steroid dienone is 2. The highest BCUT2D eigenvalue weighted by Gasteiger charge is 2.28. The number of esters is 1. The van der Waals surface area contributed by atoms with E-state index >= 15 is 0 Å². The molecule has 0 saturated carbocycles. The molecule has 0 aromatic rings. The Balaban J connectivity index is 2.57. The molecule has 0 fully saturated rings. The Bertz CT molecular complexity index is 313. The van der Waals surface area contributed by atoms with Crippen LogP contribution < -0.4 is 0 Å². The maximum absolute atomic E-state index is 10.9. The molecule has 1 rings (SSSR count). The summed E-state index contributed by atoms with van der Waals surface area (Å²) in [7, 11) is 0. The summed E-state index contributed by atoms with van der Waals surface area (Å²) in [5, 5.41) is 0. The van der Waals surface area contributed by atoms with Gasteiger partial charge in [0.25, 0.3) is 0 Å². The van der Waals surface area contributed by atoms with Crippen LogP contribution in [0.1, 0.15) is 66.7 Å². The first-order chi connectivity index (χ1) is 7.83. The summed E-state index contributed by atoms with van der Waals surface area (Å²) in [4.78, 5) is 10.9. The van der Waals surface area contributed by atoms with Crippen LogP contribution in [0.25, 0.3) is 0 Å². The molecular formula is C15H26O2. The second-order valence-electron chi connectivity index (χ2n) is 5.96. The molecule has 0 radical (unpaired) electrons. The van der Waals surface area contributed by atoms with E-state index in [1.807, 2.05) is 6.92 Å². The predicted molar refractivity (Wildman–Crippen MR) is 70.8 cm³/mol. The fourth-order valence-electron chi connectivity index (χ4n) is 2.92. The van der Waals surface area contributed by atoms with E-state index in [-0.39, 0.29) is 12.1 Å². The highest BCUT2D eigenvalue weighted by Crippen LogP contribution is 2.42. The van der Waals surface area contributed by atoms with E-state index in [9.17, 15) is 4.79 Å². The van der Waals surface area contributed by atoms with Gasteiger partial charge in [0, 0.05) is 6.92 Å². The number of carbonyl (C=O) groups excluding carboxylic acids is 1. The largest absolute Gasteiger partial charge is 0.463 e. The Morgan fingerprint density at radius 2 is 2.12 bits per heavy atom. The molecule has 17 heavy (non-hydrogen) atoms. The molecule has 0 heterocycles. The van der Waals surface area contributed by atoms with Crippen molar-refractivity contribution in [2.75, 3.05) is 0 Å². The zero-order valence-electron chi connectivity index (χ0n) is 11.9. The van der Waals surface area contributed by atoms with Crippen LogP contribution in [0.4, 0.5) is 0 Å². The van der Waals surface area contributed by atoms with Gasteiger partial charge in [-0.25, -0.2) is 0 Å². The van der Waals surface area contributed by atoms with Gasteiger partial charge in [-0.05, 0) is 51.4 Å². The minimum atomic E-state index is -0.175. The molecule has 0 spiro atoms. The highest BCUT2D eigenvalue weighted by atomic mass is 16.5. The Morgan fingerprint density at radius 1 is 1.47 bits per heavy atom. The highest BCUT2D eigenvalue weighted by molar-refractivity contribution is 5.66. The molecule has 0 bridgehead atoms. The monoisotopic (exact) mass is 238 g/mol. The molecule has 0 N–H and O–H groups in total. The average Bonchev–Trinajstić information content (AvgIpc) is 2.14. The zero-order valence-corrected chi connectivity index (χ0v) is 11.9. The lowest BCUT2D eigenvalue weighted by molar-refractivity contribution is -0.145. The van der Waals surface area contributed by atoms with Gasteiger partial charge in [0.2, 0.25) is 0 Å². The zero-order chi connectivity index (χ0) is 13.1. The molecule has 0 aromatic heterocycles. The van der Waals surface area contributed by atoms with Crippen LogP contribution in [-0.4, -0.2) is 12.1 Å². The third-order valence-corrected chi connectivity index (χ3v) is 3.85. The Labute approximate surface area is 105 Å². The van der Waals surface area contributed by atoms with Crippen LogP contribution >= 0.6 is 0 Å². The Morgan fingerprint density at radius 3 is 2.65 bits per heavy atom. The molecule has 0 amide bonds. The molecule has 2 nitrogen and oxygen atoms in total. The van der Waals surface area contributed by atoms with Gasteiger partial charge in [-0.3, -0.25) is 4.79 Å². The molecule has 1 aliphatic carbocycles. The maximum Gasteiger partial charge on any atom is 0.302 e. The van der Waals surface area contributed by atoms with Crippen molar-refractivity contribution in [1.29, 1.82) is 0 Å². The molecule has 98 valence electrons. The van der Waals surface area contributed by atoms with Crippen molar-refractivity contribution in [3.63, 3.8) is 0 Å². The first-order valence-electron chi connectivity index (χ1n) is 6.69. The van der Waals surface area contributed by atoms with Gasteiger partial charge in [-0.15, -0.1) is 0 Å². The predicted octanol–water partition coefficient (Wildman–Crippen LogP) is 4.24. The van der Waals surface area contributed by atoms with Crippen molar-refractivity contribution >= 4 is 5.97 Å². The Kier molecular flexibility index (Phi) is 4.79. The standard InChI is InChI=1S/C15H26O2/c1-11-7-6-10-15(4,5)14(11)9-8-12(2)17-13(3)16/h12H,6-10H2,1-5H3/t12-/m0/s1. The number of hydrogen-bond acceptors (Lipinski definition) is 2. The lowest BCUT2D eigenvalue weighted by Gasteiger charge is -2.35. The summed E-state index contributed by atoms with van der Waals surface area (Å²) in [6.07, 6.45) is 5.86. The molecule has 2 heteroatoms. The third kappa shape index (κ3) is 4.18. The van der Waals surface area contributed by atoms with Gasteiger partial charge in [-0.1, -0.05) is 25.0 Å². The molecule has 1 aliphatic rings. The van der Waals surface area contributed by atoms with Gasteiger partial charge >= 0.3 is 5.97 Å². The van der Waals surface area contributed by atoms with E-state index in [0.717, 1.165) is 12.8 Å². The summed E-state index contributed by atoms with van der Waals surface area (Å²) >= 11 is 0. The quantitative estimate of drug-likeness (QED) is 0.541. The van der Waals surface area contributed by atoms with Crippen molar-refractivity contribution in [1.82, 2.24) is 0 Å². The van der Waals surface area contributed by atoms with Gasteiger partial charge < -0.3 is 4.74 Å². The molecule has 0 aliphatic heterocycles. The molecule has 1 atom stereocenters. The van der Waals surface area contributed by atoms with Crippen LogP contribution in [-0.2, 0) is 9.53 Å². The van der Waals surface area contributed by atoms with Crippen LogP contribution in [0.2, 0.25) is 0 Å². The molecular weight excluding hydrogens is 212 g/mol. The van der Waals surface area contributed by atoms with Gasteiger partial charge in [0.1, 0.15) is 0 Å². The molecule has 0 saturated heterocycles. The second-order valence-corrected chi connectivity index (χ2v) is 5.96. The fourth-order valence-corrected chi connectivity index (χ4v) is 2.92. The van der Waals surface area contributed by atoms with Crippen LogP contribution in [0.5, 0.6) is 0 Å². The van der Waals surface area contributed by atoms with Crippen molar-refractivity contribution in [2.24, 2.45) is 5.41 Å². The van der Waals surface area contributed by atoms with E-state index in [0.29, 0.717) is 5.41 Å². The second kappa shape index (κ2) is 5.70. The lowest BCUT2D eigenvalue weighted by Crippen LogP contribution is -2.22. The van der Waals surface area contributed by atoms with E-state index in [2.05, 4.69) is 20.8 Å². The summed E-state index contributed by atoms with van der Waals surface area (Å²) in [5.74, 6) is -0.175. The molecule has 0 aromatic carbocycles. The minimum absolute atomic E-state index is 0.0329. The first-order valence-corrected chi connectivity index (χ1v) is 6.69. The SMILES string of the molecule is CC(=O)O[C@@H](C)CCC1=C(C)CCCC1(C)C. The number of hydrogen-bond donors (Lipinski definition) is 0. The van der Waals surface area contributed by atoms with Crippen LogP contribution in [0.15, 0.2) is 11.1 Å². The van der Waals surface area contributed by atoms with Gasteiger partial charge in [0.05, 0.1) is 6.10 Å². The maximum atomic E-state index is 10.9. The minimum Gasteiger partial charge on any atom is -0.463 e. The summed E-state index contributed by atoms with van der Waals surface area (Å²) in [5.41, 5.74) is 3.47. The van der Waals surface area contributed by atoms with Gasteiger partial charge in [0.15, 0.2) is 0 Å². The van der Waals surface area contributed by atoms with E-state index in [4.69, 9.17) is 4.74 Å². The number of rotatable bonds is 4. The van der Waals surface area contributed by atoms with Crippen molar-refractivity contribution in [3.05, 3.63) is 11.1 Å². The lowest BCUT2D eigenvalue weighted by atomic mass is 9.71. The Hall–Kier alpha value is -0.790. The molecule has 0 unspecified atom stereocenters. The summed E-state index contributed by atoms with van der Waals surface area (Å²) < 4.78 is 5.18. The van der Waals surface area contributed by atoms with E-state index < -0.39 is 0 Å². The van der Waals surface area contributed by atoms with E-state index in [1.165, 1.54) is 26.2 Å². The van der Waals surface area contributed by atoms with Crippen LogP contribution in [0, 0.1) is 5.41 Å². The van der Waals surface area contributed by atoms with Crippen LogP contribution in [0.3, 0.4) is 0 Å². The topological polar surface area (TPSA) is 26.3 Å². The third-order valence-electron chi connectivity index (χ3n) is 3.85. The van der Waals surface area contributed by atoms with Gasteiger partial charge in [-0.2, -0.15) is 0 Å². The smallest absolute Gasteiger partial charge is 0.302 e. The van der Waals surface area contributed by atoms with Crippen molar-refractivity contribution in [3.8, 4) is 0 Å². The van der Waals surface area contributed by atoms with Crippen molar-refractivity contribution < 1.29 is 9.53 Å². The summed E-state index contributed by atoms with van der Waals surface area (Å²) in [6, 6.07) is 0. The van der Waals surface area contributed by atoms with Crippen molar-refractivity contribution in [2.45, 2.75) is 72.8 Å². The number of ether oxygens (including phenoxy) is 1.